The first-order valence-electron chi connectivity index (χ1n) is 3.28. The zero-order chi connectivity index (χ0) is 6.04. The summed E-state index contributed by atoms with van der Waals surface area (Å²) in [6, 6.07) is 0. The second-order valence-electron chi connectivity index (χ2n) is 3.19. The summed E-state index contributed by atoms with van der Waals surface area (Å²) in [6.45, 7) is 4.53. The molecule has 0 aromatic heterocycles. The van der Waals surface area contributed by atoms with Crippen molar-refractivity contribution in [3.8, 4) is 0 Å². The van der Waals surface area contributed by atoms with Gasteiger partial charge in [0.05, 0.1) is 0 Å². The van der Waals surface area contributed by atoms with Crippen LogP contribution in [0.3, 0.4) is 0 Å². The van der Waals surface area contributed by atoms with E-state index in [9.17, 15) is 0 Å². The summed E-state index contributed by atoms with van der Waals surface area (Å²) in [5.74, 6) is 0. The van der Waals surface area contributed by atoms with E-state index in [-0.39, 0.29) is 0 Å². The van der Waals surface area contributed by atoms with Crippen LogP contribution >= 0.6 is 0 Å². The van der Waals surface area contributed by atoms with E-state index in [2.05, 4.69) is 26.0 Å². The van der Waals surface area contributed by atoms with Crippen LogP contribution in [0, 0.1) is 11.5 Å². The zero-order valence-electron chi connectivity index (χ0n) is 5.70. The average Bonchev–Trinajstić information content (AvgIpc) is 1.65. The molecule has 0 amide bonds. The molecule has 0 bridgehead atoms. The summed E-state index contributed by atoms with van der Waals surface area (Å²) in [5.41, 5.74) is 0.443. The molecule has 1 radical (unpaired) electrons. The van der Waals surface area contributed by atoms with Crippen molar-refractivity contribution in [1.82, 2.24) is 0 Å². The quantitative estimate of drug-likeness (QED) is 0.448. The topological polar surface area (TPSA) is 0 Å². The van der Waals surface area contributed by atoms with Gasteiger partial charge in [0.15, 0.2) is 0 Å². The average molecular weight is 109 g/mol. The van der Waals surface area contributed by atoms with Crippen molar-refractivity contribution < 1.29 is 0 Å². The Hall–Kier alpha value is -0.260. The molecule has 0 saturated carbocycles. The molecule has 0 saturated heterocycles. The Morgan fingerprint density at radius 1 is 1.50 bits per heavy atom. The van der Waals surface area contributed by atoms with Gasteiger partial charge in [-0.15, -0.1) is 0 Å². The Morgan fingerprint density at radius 3 is 2.50 bits per heavy atom. The van der Waals surface area contributed by atoms with Crippen molar-refractivity contribution >= 4 is 0 Å². The molecular weight excluding hydrogens is 96.1 g/mol. The predicted molar refractivity (Wildman–Crippen MR) is 35.4 cm³/mol. The van der Waals surface area contributed by atoms with Gasteiger partial charge in [-0.25, -0.2) is 0 Å². The van der Waals surface area contributed by atoms with E-state index in [1.807, 2.05) is 0 Å². The van der Waals surface area contributed by atoms with Gasteiger partial charge < -0.3 is 0 Å². The molecule has 1 aliphatic carbocycles. The van der Waals surface area contributed by atoms with Crippen molar-refractivity contribution in [2.24, 2.45) is 5.41 Å². The maximum Gasteiger partial charge on any atom is -0.0169 e. The molecule has 0 fully saturated rings. The Morgan fingerprint density at radius 2 is 2.25 bits per heavy atom. The van der Waals surface area contributed by atoms with E-state index >= 15 is 0 Å². The number of hydrogen-bond acceptors (Lipinski definition) is 0. The minimum Gasteiger partial charge on any atom is -0.0754 e. The van der Waals surface area contributed by atoms with E-state index in [0.717, 1.165) is 0 Å². The smallest absolute Gasteiger partial charge is 0.0169 e. The standard InChI is InChI=1S/C8H13/c1-8(2)6-4-3-5-7-8/h7H,3-4,6H2,1-2H3. The Labute approximate surface area is 51.6 Å². The van der Waals surface area contributed by atoms with Crippen LogP contribution in [0.2, 0.25) is 0 Å². The zero-order valence-corrected chi connectivity index (χ0v) is 5.70. The monoisotopic (exact) mass is 109 g/mol. The number of rotatable bonds is 0. The molecule has 0 nitrogen and oxygen atoms in total. The Bertz CT molecular complexity index is 98.6. The highest BCUT2D eigenvalue weighted by Gasteiger charge is 2.15. The van der Waals surface area contributed by atoms with E-state index < -0.39 is 0 Å². The van der Waals surface area contributed by atoms with Crippen LogP contribution in [-0.2, 0) is 0 Å². The maximum absolute atomic E-state index is 3.25. The van der Waals surface area contributed by atoms with Gasteiger partial charge in [-0.3, -0.25) is 0 Å². The van der Waals surface area contributed by atoms with Crippen LogP contribution in [0.4, 0.5) is 0 Å². The SMILES string of the molecule is CC1(C)C=[C]CCC1. The van der Waals surface area contributed by atoms with Crippen molar-refractivity contribution in [3.05, 3.63) is 12.2 Å². The fourth-order valence-electron chi connectivity index (χ4n) is 1.07. The molecular formula is C8H13. The highest BCUT2D eigenvalue weighted by atomic mass is 14.2. The van der Waals surface area contributed by atoms with Gasteiger partial charge in [-0.1, -0.05) is 19.9 Å². The van der Waals surface area contributed by atoms with Gasteiger partial charge in [0.2, 0.25) is 0 Å². The van der Waals surface area contributed by atoms with Gasteiger partial charge in [0.1, 0.15) is 0 Å². The molecule has 0 aromatic carbocycles. The molecule has 0 heteroatoms. The van der Waals surface area contributed by atoms with E-state index in [0.29, 0.717) is 5.41 Å². The first kappa shape index (κ1) is 5.87. The third-order valence-corrected chi connectivity index (χ3v) is 1.64. The summed E-state index contributed by atoms with van der Waals surface area (Å²) in [7, 11) is 0. The fourth-order valence-corrected chi connectivity index (χ4v) is 1.07. The molecule has 0 unspecified atom stereocenters. The Balaban J connectivity index is 2.56. The molecule has 1 rings (SSSR count). The molecule has 1 aliphatic rings. The van der Waals surface area contributed by atoms with Crippen molar-refractivity contribution in [3.63, 3.8) is 0 Å². The van der Waals surface area contributed by atoms with Gasteiger partial charge in [0, 0.05) is 0 Å². The van der Waals surface area contributed by atoms with Crippen LogP contribution in [0.25, 0.3) is 0 Å². The minimum absolute atomic E-state index is 0.443. The summed E-state index contributed by atoms with van der Waals surface area (Å²) in [5, 5.41) is 0. The van der Waals surface area contributed by atoms with E-state index in [4.69, 9.17) is 0 Å². The van der Waals surface area contributed by atoms with Gasteiger partial charge in [-0.05, 0) is 30.8 Å². The van der Waals surface area contributed by atoms with Crippen molar-refractivity contribution in [2.45, 2.75) is 33.1 Å². The fraction of sp³-hybridized carbons (Fsp3) is 0.750. The second kappa shape index (κ2) is 1.93. The third kappa shape index (κ3) is 1.36. The van der Waals surface area contributed by atoms with Crippen molar-refractivity contribution in [1.29, 1.82) is 0 Å². The first-order chi connectivity index (χ1) is 3.71. The van der Waals surface area contributed by atoms with Gasteiger partial charge in [0.25, 0.3) is 0 Å². The van der Waals surface area contributed by atoms with Crippen LogP contribution < -0.4 is 0 Å². The van der Waals surface area contributed by atoms with Gasteiger partial charge >= 0.3 is 0 Å². The van der Waals surface area contributed by atoms with E-state index in [1.165, 1.54) is 19.3 Å². The highest BCUT2D eigenvalue weighted by molar-refractivity contribution is 4.93. The lowest BCUT2D eigenvalue weighted by atomic mass is 9.83. The first-order valence-corrected chi connectivity index (χ1v) is 3.28. The summed E-state index contributed by atoms with van der Waals surface area (Å²) in [4.78, 5) is 0. The summed E-state index contributed by atoms with van der Waals surface area (Å²) >= 11 is 0. The second-order valence-corrected chi connectivity index (χ2v) is 3.19. The molecule has 0 aliphatic heterocycles. The predicted octanol–water partition coefficient (Wildman–Crippen LogP) is 2.56. The van der Waals surface area contributed by atoms with Crippen LogP contribution in [0.1, 0.15) is 33.1 Å². The largest absolute Gasteiger partial charge is 0.0754 e. The maximum atomic E-state index is 3.25. The third-order valence-electron chi connectivity index (χ3n) is 1.64. The normalized spacial score (nSPS) is 25.8. The van der Waals surface area contributed by atoms with Crippen LogP contribution in [0.5, 0.6) is 0 Å². The van der Waals surface area contributed by atoms with Crippen molar-refractivity contribution in [2.75, 3.05) is 0 Å². The molecule has 45 valence electrons. The summed E-state index contributed by atoms with van der Waals surface area (Å²) < 4.78 is 0. The highest BCUT2D eigenvalue weighted by Crippen LogP contribution is 2.28. The number of allylic oxidation sites excluding steroid dienone is 2. The van der Waals surface area contributed by atoms with Crippen LogP contribution in [0.15, 0.2) is 6.08 Å². The summed E-state index contributed by atoms with van der Waals surface area (Å²) in [6.07, 6.45) is 9.28. The molecule has 8 heavy (non-hydrogen) atoms. The molecule has 0 spiro atoms. The lowest BCUT2D eigenvalue weighted by molar-refractivity contribution is 0.401. The molecule has 0 atom stereocenters. The lowest BCUT2D eigenvalue weighted by Crippen LogP contribution is -2.09. The van der Waals surface area contributed by atoms with Crippen LogP contribution in [-0.4, -0.2) is 0 Å². The number of hydrogen-bond donors (Lipinski definition) is 0. The molecule has 0 aromatic rings. The molecule has 0 heterocycles. The Kier molecular flexibility index (Phi) is 1.41. The lowest BCUT2D eigenvalue weighted by Gasteiger charge is -2.22. The van der Waals surface area contributed by atoms with E-state index in [1.54, 1.807) is 0 Å². The minimum atomic E-state index is 0.443. The van der Waals surface area contributed by atoms with Gasteiger partial charge in [-0.2, -0.15) is 0 Å². The molecule has 0 N–H and O–H groups in total.